The topological polar surface area (TPSA) is 79.7 Å². The van der Waals surface area contributed by atoms with Crippen molar-refractivity contribution >= 4 is 23.1 Å². The number of carbonyl (C=O) groups is 2. The number of anilines is 1. The summed E-state index contributed by atoms with van der Waals surface area (Å²) < 4.78 is 5.75. The molecule has 1 aliphatic rings. The van der Waals surface area contributed by atoms with E-state index in [0.29, 0.717) is 29.5 Å². The minimum absolute atomic E-state index is 0.0190. The molecule has 2 aromatic carbocycles. The first-order valence-electron chi connectivity index (χ1n) is 12.3. The number of nitrogens with zero attached hydrogens (tertiary/aromatic N) is 2. The second kappa shape index (κ2) is 10.4. The van der Waals surface area contributed by atoms with Crippen LogP contribution in [0.1, 0.15) is 74.9 Å². The molecule has 4 rings (SSSR count). The number of Topliss-reactive ketones (excluding diaryl/α,β-unsaturated/α-hetero) is 1. The largest absolute Gasteiger partial charge is 0.507 e. The molecule has 0 spiro atoms. The van der Waals surface area contributed by atoms with E-state index in [4.69, 9.17) is 4.74 Å². The van der Waals surface area contributed by atoms with Gasteiger partial charge >= 0.3 is 0 Å². The van der Waals surface area contributed by atoms with Gasteiger partial charge in [0.2, 0.25) is 0 Å². The van der Waals surface area contributed by atoms with Crippen molar-refractivity contribution in [1.82, 2.24) is 4.98 Å². The van der Waals surface area contributed by atoms with Gasteiger partial charge in [0.15, 0.2) is 0 Å². The molecule has 0 aliphatic carbocycles. The van der Waals surface area contributed by atoms with Gasteiger partial charge in [-0.1, -0.05) is 45.9 Å². The van der Waals surface area contributed by atoms with E-state index in [1.807, 2.05) is 51.1 Å². The highest BCUT2D eigenvalue weighted by Gasteiger charge is 2.47. The van der Waals surface area contributed by atoms with Gasteiger partial charge < -0.3 is 9.84 Å². The van der Waals surface area contributed by atoms with Gasteiger partial charge in [0.05, 0.1) is 17.9 Å². The SMILES string of the molecule is CCOc1ccc(/C(O)=C2/C(=O)C(=O)N(c3ccc(C(C)C)cc3)C2c2ccccn2)cc1C(C)C. The lowest BCUT2D eigenvalue weighted by atomic mass is 9.94. The normalized spacial score (nSPS) is 17.3. The Labute approximate surface area is 212 Å². The van der Waals surface area contributed by atoms with Gasteiger partial charge in [0, 0.05) is 17.4 Å². The standard InChI is InChI=1S/C30H32N2O4/c1-6-36-25-15-12-21(17-23(25)19(4)5)28(33)26-27(24-9-7-8-16-31-24)32(30(35)29(26)34)22-13-10-20(11-14-22)18(2)3/h7-19,27,33H,6H2,1-5H3/b28-26-. The number of aliphatic hydroxyl groups is 1. The van der Waals surface area contributed by atoms with E-state index in [2.05, 4.69) is 18.8 Å². The van der Waals surface area contributed by atoms with Crippen molar-refractivity contribution in [2.75, 3.05) is 11.5 Å². The number of hydrogen-bond acceptors (Lipinski definition) is 5. The van der Waals surface area contributed by atoms with Crippen LogP contribution in [0, 0.1) is 0 Å². The van der Waals surface area contributed by atoms with Crippen molar-refractivity contribution in [3.8, 4) is 5.75 Å². The highest BCUT2D eigenvalue weighted by atomic mass is 16.5. The maximum Gasteiger partial charge on any atom is 0.300 e. The van der Waals surface area contributed by atoms with E-state index in [1.54, 1.807) is 36.5 Å². The minimum atomic E-state index is -0.856. The van der Waals surface area contributed by atoms with Gasteiger partial charge in [0.1, 0.15) is 17.6 Å². The molecule has 3 aromatic rings. The third-order valence-corrected chi connectivity index (χ3v) is 6.46. The Morgan fingerprint density at radius 3 is 2.31 bits per heavy atom. The van der Waals surface area contributed by atoms with Crippen molar-refractivity contribution in [3.63, 3.8) is 0 Å². The van der Waals surface area contributed by atoms with Crippen molar-refractivity contribution in [3.05, 3.63) is 94.8 Å². The molecule has 1 atom stereocenters. The molecular weight excluding hydrogens is 452 g/mol. The summed E-state index contributed by atoms with van der Waals surface area (Å²) in [5, 5.41) is 11.5. The quantitative estimate of drug-likeness (QED) is 0.240. The predicted molar refractivity (Wildman–Crippen MR) is 141 cm³/mol. The maximum absolute atomic E-state index is 13.4. The second-order valence-electron chi connectivity index (χ2n) is 9.51. The lowest BCUT2D eigenvalue weighted by Crippen LogP contribution is -2.29. The zero-order valence-corrected chi connectivity index (χ0v) is 21.4. The van der Waals surface area contributed by atoms with Gasteiger partial charge in [-0.05, 0) is 72.4 Å². The molecule has 36 heavy (non-hydrogen) atoms. The summed E-state index contributed by atoms with van der Waals surface area (Å²) in [7, 11) is 0. The summed E-state index contributed by atoms with van der Waals surface area (Å²) in [5.74, 6) is -0.467. The molecule has 6 nitrogen and oxygen atoms in total. The third-order valence-electron chi connectivity index (χ3n) is 6.46. The number of pyridine rings is 1. The molecule has 1 fully saturated rings. The summed E-state index contributed by atoms with van der Waals surface area (Å²) in [6.07, 6.45) is 1.62. The Hall–Kier alpha value is -3.93. The first-order valence-corrected chi connectivity index (χ1v) is 12.3. The van der Waals surface area contributed by atoms with E-state index in [9.17, 15) is 14.7 Å². The molecule has 1 amide bonds. The Bertz CT molecular complexity index is 1290. The van der Waals surface area contributed by atoms with Crippen molar-refractivity contribution < 1.29 is 19.4 Å². The van der Waals surface area contributed by atoms with Gasteiger partial charge in [-0.3, -0.25) is 19.5 Å². The Balaban J connectivity index is 1.89. The number of amides is 1. The van der Waals surface area contributed by atoms with Crippen LogP contribution in [0.25, 0.3) is 5.76 Å². The number of hydrogen-bond donors (Lipinski definition) is 1. The van der Waals surface area contributed by atoms with Gasteiger partial charge in [0.25, 0.3) is 11.7 Å². The van der Waals surface area contributed by atoms with Gasteiger partial charge in [-0.15, -0.1) is 0 Å². The zero-order valence-electron chi connectivity index (χ0n) is 21.4. The molecule has 0 saturated carbocycles. The van der Waals surface area contributed by atoms with E-state index >= 15 is 0 Å². The molecule has 0 radical (unpaired) electrons. The number of carbonyl (C=O) groups excluding carboxylic acids is 2. The third kappa shape index (κ3) is 4.63. The molecule has 0 bridgehead atoms. The van der Waals surface area contributed by atoms with Crippen LogP contribution < -0.4 is 9.64 Å². The predicted octanol–water partition coefficient (Wildman–Crippen LogP) is 6.35. The lowest BCUT2D eigenvalue weighted by Gasteiger charge is -2.25. The van der Waals surface area contributed by atoms with Crippen LogP contribution in [-0.4, -0.2) is 28.4 Å². The molecule has 186 valence electrons. The summed E-state index contributed by atoms with van der Waals surface area (Å²) in [6.45, 7) is 10.7. The van der Waals surface area contributed by atoms with Gasteiger partial charge in [-0.2, -0.15) is 0 Å². The first-order chi connectivity index (χ1) is 17.2. The fraction of sp³-hybridized carbons (Fsp3) is 0.300. The molecule has 1 saturated heterocycles. The average Bonchev–Trinajstić information content (AvgIpc) is 3.14. The fourth-order valence-corrected chi connectivity index (χ4v) is 4.53. The van der Waals surface area contributed by atoms with Gasteiger partial charge in [-0.25, -0.2) is 0 Å². The molecule has 1 aliphatic heterocycles. The lowest BCUT2D eigenvalue weighted by molar-refractivity contribution is -0.132. The van der Waals surface area contributed by atoms with Crippen LogP contribution in [-0.2, 0) is 9.59 Å². The zero-order chi connectivity index (χ0) is 26.0. The van der Waals surface area contributed by atoms with Crippen LogP contribution in [0.2, 0.25) is 0 Å². The average molecular weight is 485 g/mol. The molecule has 1 unspecified atom stereocenters. The van der Waals surface area contributed by atoms with Crippen molar-refractivity contribution in [2.24, 2.45) is 0 Å². The number of benzene rings is 2. The van der Waals surface area contributed by atoms with E-state index in [1.165, 1.54) is 4.90 Å². The molecule has 6 heteroatoms. The number of ketones is 1. The summed E-state index contributed by atoms with van der Waals surface area (Å²) in [4.78, 5) is 32.6. The number of rotatable bonds is 7. The Kier molecular flexibility index (Phi) is 7.25. The van der Waals surface area contributed by atoms with E-state index in [-0.39, 0.29) is 17.3 Å². The number of aromatic nitrogens is 1. The number of ether oxygens (including phenoxy) is 1. The van der Waals surface area contributed by atoms with E-state index in [0.717, 1.165) is 16.9 Å². The van der Waals surface area contributed by atoms with Crippen LogP contribution in [0.3, 0.4) is 0 Å². The van der Waals surface area contributed by atoms with E-state index < -0.39 is 17.7 Å². The van der Waals surface area contributed by atoms with Crippen LogP contribution in [0.15, 0.2) is 72.4 Å². The van der Waals surface area contributed by atoms with Crippen LogP contribution in [0.4, 0.5) is 5.69 Å². The minimum Gasteiger partial charge on any atom is -0.507 e. The maximum atomic E-state index is 13.4. The smallest absolute Gasteiger partial charge is 0.300 e. The summed E-state index contributed by atoms with van der Waals surface area (Å²) >= 11 is 0. The molecule has 2 heterocycles. The monoisotopic (exact) mass is 484 g/mol. The molecule has 1 N–H and O–H groups in total. The highest BCUT2D eigenvalue weighted by molar-refractivity contribution is 6.51. The number of aliphatic hydroxyl groups excluding tert-OH is 1. The van der Waals surface area contributed by atoms with Crippen LogP contribution in [0.5, 0.6) is 5.75 Å². The Morgan fingerprint density at radius 1 is 1.00 bits per heavy atom. The summed E-state index contributed by atoms with van der Waals surface area (Å²) in [5.41, 5.74) is 3.59. The fourth-order valence-electron chi connectivity index (χ4n) is 4.53. The highest BCUT2D eigenvalue weighted by Crippen LogP contribution is 2.42. The molecule has 1 aromatic heterocycles. The van der Waals surface area contributed by atoms with Crippen molar-refractivity contribution in [2.45, 2.75) is 52.5 Å². The Morgan fingerprint density at radius 2 is 1.72 bits per heavy atom. The first kappa shape index (κ1) is 25.2. The molecular formula is C30H32N2O4. The van der Waals surface area contributed by atoms with Crippen molar-refractivity contribution in [1.29, 1.82) is 0 Å². The second-order valence-corrected chi connectivity index (χ2v) is 9.51. The van der Waals surface area contributed by atoms with Crippen LogP contribution >= 0.6 is 0 Å². The summed E-state index contributed by atoms with van der Waals surface area (Å²) in [6, 6.07) is 17.4.